The molecule has 1 rings (SSSR count). The minimum absolute atomic E-state index is 0.226. The van der Waals surface area contributed by atoms with Crippen LogP contribution in [0.25, 0.3) is 0 Å². The summed E-state index contributed by atoms with van der Waals surface area (Å²) in [5, 5.41) is 0. The maximum atomic E-state index is 5.22. The molecule has 14 heavy (non-hydrogen) atoms. The van der Waals surface area contributed by atoms with Gasteiger partial charge in [0.15, 0.2) is 0 Å². The molecule has 1 radical (unpaired) electrons. The van der Waals surface area contributed by atoms with E-state index in [0.29, 0.717) is 0 Å². The highest BCUT2D eigenvalue weighted by molar-refractivity contribution is 5.29. The number of benzene rings is 1. The van der Waals surface area contributed by atoms with Crippen LogP contribution in [0.1, 0.15) is 38.8 Å². The maximum absolute atomic E-state index is 5.22. The number of ether oxygens (including phenoxy) is 1. The maximum Gasteiger partial charge on any atom is 0.113 e. The second-order valence-corrected chi connectivity index (χ2v) is 4.45. The van der Waals surface area contributed by atoms with Crippen LogP contribution in [0.2, 0.25) is 0 Å². The Balaban J connectivity index is 2.69. The molecule has 1 nitrogen and oxygen atoms in total. The van der Waals surface area contributed by atoms with Crippen molar-refractivity contribution in [3.63, 3.8) is 0 Å². The monoisotopic (exact) mass is 191 g/mol. The van der Waals surface area contributed by atoms with Crippen LogP contribution in [0.3, 0.4) is 0 Å². The Morgan fingerprint density at radius 2 is 1.71 bits per heavy atom. The predicted molar refractivity (Wildman–Crippen MR) is 60.2 cm³/mol. The molecule has 0 aromatic heterocycles. The number of rotatable bonds is 3. The molecule has 0 aliphatic carbocycles. The van der Waals surface area contributed by atoms with E-state index >= 15 is 0 Å². The normalized spacial score (nSPS) is 11.7. The predicted octanol–water partition coefficient (Wildman–Crippen LogP) is 3.53. The van der Waals surface area contributed by atoms with Gasteiger partial charge in [-0.2, -0.15) is 0 Å². The van der Waals surface area contributed by atoms with Gasteiger partial charge >= 0.3 is 0 Å². The summed E-state index contributed by atoms with van der Waals surface area (Å²) in [6.45, 7) is 11.2. The van der Waals surface area contributed by atoms with Crippen molar-refractivity contribution >= 4 is 0 Å². The molecule has 0 fully saturated rings. The molecule has 0 heterocycles. The van der Waals surface area contributed by atoms with Crippen LogP contribution in [-0.2, 0) is 10.2 Å². The molecular weight excluding hydrogens is 172 g/mol. The molecule has 0 saturated heterocycles. The molecule has 0 amide bonds. The average Bonchev–Trinajstić information content (AvgIpc) is 2.14. The zero-order valence-electron chi connectivity index (χ0n) is 9.50. The second kappa shape index (κ2) is 4.61. The molecule has 1 aromatic rings. The van der Waals surface area contributed by atoms with E-state index in [1.165, 1.54) is 5.56 Å². The first-order valence-corrected chi connectivity index (χ1v) is 5.09. The molecule has 0 bridgehead atoms. The summed E-state index contributed by atoms with van der Waals surface area (Å²) in [4.78, 5) is 0. The highest BCUT2D eigenvalue weighted by Crippen LogP contribution is 2.22. The minimum atomic E-state index is 0.226. The lowest BCUT2D eigenvalue weighted by Gasteiger charge is -2.19. The van der Waals surface area contributed by atoms with Gasteiger partial charge in [0, 0.05) is 6.61 Å². The summed E-state index contributed by atoms with van der Waals surface area (Å²) in [5.74, 6) is 0. The van der Waals surface area contributed by atoms with E-state index < -0.39 is 0 Å². The van der Waals surface area contributed by atoms with Crippen molar-refractivity contribution in [2.45, 2.75) is 33.1 Å². The molecular formula is C13H19O. The van der Waals surface area contributed by atoms with E-state index in [1.807, 2.05) is 6.92 Å². The Morgan fingerprint density at radius 3 is 2.14 bits per heavy atom. The van der Waals surface area contributed by atoms with Crippen LogP contribution < -0.4 is 0 Å². The summed E-state index contributed by atoms with van der Waals surface area (Å²) in [5.41, 5.74) is 2.70. The van der Waals surface area contributed by atoms with E-state index in [4.69, 9.17) is 4.74 Å². The van der Waals surface area contributed by atoms with Gasteiger partial charge in [0.05, 0.1) is 0 Å². The van der Waals surface area contributed by atoms with Crippen molar-refractivity contribution < 1.29 is 4.74 Å². The van der Waals surface area contributed by atoms with Crippen LogP contribution >= 0.6 is 0 Å². The molecule has 0 spiro atoms. The number of hydrogen-bond acceptors (Lipinski definition) is 1. The minimum Gasteiger partial charge on any atom is -0.371 e. The Morgan fingerprint density at radius 1 is 1.14 bits per heavy atom. The van der Waals surface area contributed by atoms with Gasteiger partial charge in [0.1, 0.15) is 6.61 Å². The van der Waals surface area contributed by atoms with Gasteiger partial charge in [-0.05, 0) is 23.5 Å². The lowest BCUT2D eigenvalue weighted by atomic mass is 9.87. The van der Waals surface area contributed by atoms with Crippen LogP contribution in [0.4, 0.5) is 0 Å². The first kappa shape index (κ1) is 11.3. The SMILES string of the molecule is CCO[CH]c1ccc(C(C)(C)C)cc1. The van der Waals surface area contributed by atoms with E-state index in [0.717, 1.165) is 12.2 Å². The van der Waals surface area contributed by atoms with Crippen molar-refractivity contribution in [3.05, 3.63) is 42.0 Å². The standard InChI is InChI=1S/C13H19O/c1-5-14-10-11-6-8-12(9-7-11)13(2,3)4/h6-10H,5H2,1-4H3. The molecule has 77 valence electrons. The molecule has 0 saturated carbocycles. The van der Waals surface area contributed by atoms with Crippen molar-refractivity contribution in [2.24, 2.45) is 0 Å². The van der Waals surface area contributed by atoms with E-state index in [-0.39, 0.29) is 5.41 Å². The lowest BCUT2D eigenvalue weighted by molar-refractivity contribution is 0.230. The van der Waals surface area contributed by atoms with Crippen molar-refractivity contribution in [2.75, 3.05) is 6.61 Å². The third kappa shape index (κ3) is 3.15. The van der Waals surface area contributed by atoms with E-state index in [9.17, 15) is 0 Å². The third-order valence-electron chi connectivity index (χ3n) is 2.16. The van der Waals surface area contributed by atoms with Crippen molar-refractivity contribution in [1.82, 2.24) is 0 Å². The topological polar surface area (TPSA) is 9.23 Å². The van der Waals surface area contributed by atoms with Gasteiger partial charge in [-0.15, -0.1) is 0 Å². The van der Waals surface area contributed by atoms with Gasteiger partial charge < -0.3 is 4.74 Å². The molecule has 0 atom stereocenters. The van der Waals surface area contributed by atoms with Crippen LogP contribution in [0.5, 0.6) is 0 Å². The van der Waals surface area contributed by atoms with Gasteiger partial charge in [0.2, 0.25) is 0 Å². The van der Waals surface area contributed by atoms with Gasteiger partial charge in [-0.1, -0.05) is 45.0 Å². The third-order valence-corrected chi connectivity index (χ3v) is 2.16. The quantitative estimate of drug-likeness (QED) is 0.710. The van der Waals surface area contributed by atoms with Gasteiger partial charge in [-0.3, -0.25) is 0 Å². The fourth-order valence-electron chi connectivity index (χ4n) is 1.24. The Hall–Kier alpha value is -0.820. The van der Waals surface area contributed by atoms with Crippen molar-refractivity contribution in [3.8, 4) is 0 Å². The summed E-state index contributed by atoms with van der Waals surface area (Å²) in [7, 11) is 0. The smallest absolute Gasteiger partial charge is 0.113 e. The summed E-state index contributed by atoms with van der Waals surface area (Å²) >= 11 is 0. The largest absolute Gasteiger partial charge is 0.371 e. The Kier molecular flexibility index (Phi) is 3.70. The molecule has 0 unspecified atom stereocenters. The fourth-order valence-corrected chi connectivity index (χ4v) is 1.24. The van der Waals surface area contributed by atoms with Crippen LogP contribution in [-0.4, -0.2) is 6.61 Å². The summed E-state index contributed by atoms with van der Waals surface area (Å²) in [6, 6.07) is 8.50. The number of hydrogen-bond donors (Lipinski definition) is 0. The molecule has 1 heteroatoms. The van der Waals surface area contributed by atoms with Gasteiger partial charge in [-0.25, -0.2) is 0 Å². The van der Waals surface area contributed by atoms with E-state index in [2.05, 4.69) is 45.0 Å². The highest BCUT2D eigenvalue weighted by Gasteiger charge is 2.12. The Labute approximate surface area is 87.1 Å². The second-order valence-electron chi connectivity index (χ2n) is 4.45. The first-order valence-electron chi connectivity index (χ1n) is 5.09. The lowest BCUT2D eigenvalue weighted by Crippen LogP contribution is -2.10. The van der Waals surface area contributed by atoms with Crippen LogP contribution in [0, 0.1) is 6.61 Å². The summed E-state index contributed by atoms with van der Waals surface area (Å²) in [6.07, 6.45) is 0. The zero-order chi connectivity index (χ0) is 10.6. The van der Waals surface area contributed by atoms with Crippen molar-refractivity contribution in [1.29, 1.82) is 0 Å². The fraction of sp³-hybridized carbons (Fsp3) is 0.462. The van der Waals surface area contributed by atoms with E-state index in [1.54, 1.807) is 6.61 Å². The Bertz CT molecular complexity index is 266. The zero-order valence-corrected chi connectivity index (χ0v) is 9.50. The first-order chi connectivity index (χ1) is 6.54. The summed E-state index contributed by atoms with van der Waals surface area (Å²) < 4.78 is 5.22. The molecule has 1 aromatic carbocycles. The molecule has 0 N–H and O–H groups in total. The van der Waals surface area contributed by atoms with Crippen LogP contribution in [0.15, 0.2) is 24.3 Å². The molecule has 0 aliphatic rings. The van der Waals surface area contributed by atoms with Gasteiger partial charge in [0.25, 0.3) is 0 Å². The molecule has 0 aliphatic heterocycles. The highest BCUT2D eigenvalue weighted by atomic mass is 16.5. The average molecular weight is 191 g/mol.